The van der Waals surface area contributed by atoms with E-state index in [1.807, 2.05) is 6.07 Å². The summed E-state index contributed by atoms with van der Waals surface area (Å²) in [6.07, 6.45) is -3.00. The summed E-state index contributed by atoms with van der Waals surface area (Å²) in [5.74, 6) is 0.477. The van der Waals surface area contributed by atoms with Gasteiger partial charge < -0.3 is 9.73 Å². The zero-order chi connectivity index (χ0) is 16.4. The topological polar surface area (TPSA) is 42.2 Å². The van der Waals surface area contributed by atoms with E-state index in [0.717, 1.165) is 5.76 Å². The Morgan fingerprint density at radius 2 is 2.00 bits per heavy atom. The number of hydrogen-bond acceptors (Lipinski definition) is 2. The second-order valence-corrected chi connectivity index (χ2v) is 5.73. The number of halogens is 3. The number of para-hydroxylation sites is 1. The van der Waals surface area contributed by atoms with Crippen LogP contribution in [0, 0.1) is 5.92 Å². The molecule has 1 fully saturated rings. The Hall–Kier alpha value is -2.24. The average Bonchev–Trinajstić information content (AvgIpc) is 3.12. The third kappa shape index (κ3) is 3.94. The zero-order valence-electron chi connectivity index (χ0n) is 12.3. The third-order valence-electron chi connectivity index (χ3n) is 3.99. The smallest absolute Gasteiger partial charge is 0.389 e. The van der Waals surface area contributed by atoms with Gasteiger partial charge in [-0.05, 0) is 36.6 Å². The Morgan fingerprint density at radius 3 is 2.70 bits per heavy atom. The van der Waals surface area contributed by atoms with Gasteiger partial charge in [-0.3, -0.25) is 4.79 Å². The number of carbonyl (C=O) groups is 1. The zero-order valence-corrected chi connectivity index (χ0v) is 12.3. The second-order valence-electron chi connectivity index (χ2n) is 5.73. The maximum absolute atomic E-state index is 12.4. The minimum absolute atomic E-state index is 0.0623. The first-order valence-corrected chi connectivity index (χ1v) is 7.43. The van der Waals surface area contributed by atoms with Crippen molar-refractivity contribution in [3.8, 4) is 0 Å². The summed E-state index contributed by atoms with van der Waals surface area (Å²) in [6, 6.07) is 10.2. The minimum atomic E-state index is -4.21. The first-order valence-electron chi connectivity index (χ1n) is 7.43. The number of furan rings is 1. The number of carbonyl (C=O) groups excluding carboxylic acids is 1. The summed E-state index contributed by atoms with van der Waals surface area (Å²) < 4.78 is 42.4. The Labute approximate surface area is 131 Å². The van der Waals surface area contributed by atoms with Gasteiger partial charge in [-0.2, -0.15) is 13.2 Å². The van der Waals surface area contributed by atoms with Crippen molar-refractivity contribution in [2.75, 3.05) is 5.32 Å². The summed E-state index contributed by atoms with van der Waals surface area (Å²) in [4.78, 5) is 12.3. The van der Waals surface area contributed by atoms with Gasteiger partial charge in [0.25, 0.3) is 0 Å². The molecule has 1 saturated carbocycles. The number of amides is 1. The van der Waals surface area contributed by atoms with Crippen LogP contribution in [0.2, 0.25) is 0 Å². The van der Waals surface area contributed by atoms with Crippen molar-refractivity contribution < 1.29 is 22.4 Å². The number of nitrogens with one attached hydrogen (secondary N) is 1. The van der Waals surface area contributed by atoms with Crippen molar-refractivity contribution in [1.82, 2.24) is 0 Å². The quantitative estimate of drug-likeness (QED) is 0.879. The van der Waals surface area contributed by atoms with Crippen molar-refractivity contribution in [3.05, 3.63) is 54.0 Å². The summed E-state index contributed by atoms with van der Waals surface area (Å²) in [5.41, 5.74) is 0.945. The number of anilines is 1. The van der Waals surface area contributed by atoms with Crippen molar-refractivity contribution >= 4 is 11.6 Å². The normalized spacial score (nSPS) is 20.3. The van der Waals surface area contributed by atoms with Crippen LogP contribution in [0.5, 0.6) is 0 Å². The lowest BCUT2D eigenvalue weighted by atomic mass is 10.1. The van der Waals surface area contributed by atoms with Crippen molar-refractivity contribution in [2.45, 2.75) is 31.4 Å². The van der Waals surface area contributed by atoms with Crippen molar-refractivity contribution in [1.29, 1.82) is 0 Å². The molecule has 6 heteroatoms. The molecule has 2 unspecified atom stereocenters. The van der Waals surface area contributed by atoms with E-state index < -0.39 is 12.6 Å². The number of alkyl halides is 3. The summed E-state index contributed by atoms with van der Waals surface area (Å²) in [5, 5.41) is 2.75. The van der Waals surface area contributed by atoms with Gasteiger partial charge in [-0.15, -0.1) is 0 Å². The third-order valence-corrected chi connectivity index (χ3v) is 3.99. The summed E-state index contributed by atoms with van der Waals surface area (Å²) in [7, 11) is 0. The molecule has 1 heterocycles. The molecule has 1 amide bonds. The number of aryl methyl sites for hydroxylation is 1. The summed E-state index contributed by atoms with van der Waals surface area (Å²) >= 11 is 0. The fourth-order valence-electron chi connectivity index (χ4n) is 2.66. The standard InChI is InChI=1S/C17H16F3NO2/c18-17(19,20)8-7-11-4-1-2-5-14(11)21-16(22)13-10-12(13)15-6-3-9-23-15/h1-6,9,12-13H,7-8,10H2,(H,21,22). The fourth-order valence-corrected chi connectivity index (χ4v) is 2.66. The van der Waals surface area contributed by atoms with E-state index in [1.165, 1.54) is 0 Å². The number of rotatable bonds is 5. The largest absolute Gasteiger partial charge is 0.469 e. The van der Waals surface area contributed by atoms with Crippen LogP contribution >= 0.6 is 0 Å². The Bertz CT molecular complexity index is 679. The Kier molecular flexibility index (Phi) is 4.15. The van der Waals surface area contributed by atoms with Crippen LogP contribution in [0.15, 0.2) is 47.1 Å². The first-order chi connectivity index (χ1) is 10.9. The van der Waals surface area contributed by atoms with Gasteiger partial charge in [0.1, 0.15) is 5.76 Å². The SMILES string of the molecule is O=C(Nc1ccccc1CCC(F)(F)F)C1CC1c1ccco1. The van der Waals surface area contributed by atoms with E-state index in [2.05, 4.69) is 5.32 Å². The molecule has 23 heavy (non-hydrogen) atoms. The number of hydrogen-bond donors (Lipinski definition) is 1. The highest BCUT2D eigenvalue weighted by atomic mass is 19.4. The van der Waals surface area contributed by atoms with Crippen LogP contribution in [-0.4, -0.2) is 12.1 Å². The predicted octanol–water partition coefficient (Wildman–Crippen LogP) is 4.52. The molecule has 0 bridgehead atoms. The molecule has 0 saturated heterocycles. The molecule has 1 aromatic carbocycles. The first kappa shape index (κ1) is 15.6. The lowest BCUT2D eigenvalue weighted by Gasteiger charge is -2.12. The maximum Gasteiger partial charge on any atom is 0.389 e. The maximum atomic E-state index is 12.4. The highest BCUT2D eigenvalue weighted by Gasteiger charge is 2.45. The van der Waals surface area contributed by atoms with Gasteiger partial charge in [0.05, 0.1) is 6.26 Å². The molecular formula is C17H16F3NO2. The van der Waals surface area contributed by atoms with Gasteiger partial charge >= 0.3 is 6.18 Å². The van der Waals surface area contributed by atoms with Crippen molar-refractivity contribution in [2.24, 2.45) is 5.92 Å². The molecule has 1 aliphatic carbocycles. The van der Waals surface area contributed by atoms with Gasteiger partial charge in [-0.1, -0.05) is 18.2 Å². The lowest BCUT2D eigenvalue weighted by molar-refractivity contribution is -0.133. The molecule has 1 aromatic heterocycles. The lowest BCUT2D eigenvalue weighted by Crippen LogP contribution is -2.16. The molecule has 0 spiro atoms. The Balaban J connectivity index is 1.63. The van der Waals surface area contributed by atoms with E-state index in [9.17, 15) is 18.0 Å². The fraction of sp³-hybridized carbons (Fsp3) is 0.353. The molecule has 1 N–H and O–H groups in total. The van der Waals surface area contributed by atoms with Crippen LogP contribution in [0.3, 0.4) is 0 Å². The van der Waals surface area contributed by atoms with E-state index in [4.69, 9.17) is 4.42 Å². The molecule has 0 radical (unpaired) electrons. The molecule has 0 aliphatic heterocycles. The van der Waals surface area contributed by atoms with Gasteiger partial charge in [0.15, 0.2) is 0 Å². The molecular weight excluding hydrogens is 307 g/mol. The average molecular weight is 323 g/mol. The predicted molar refractivity (Wildman–Crippen MR) is 79.0 cm³/mol. The van der Waals surface area contributed by atoms with Crippen LogP contribution < -0.4 is 5.32 Å². The van der Waals surface area contributed by atoms with E-state index in [-0.39, 0.29) is 24.2 Å². The highest BCUT2D eigenvalue weighted by molar-refractivity contribution is 5.95. The molecule has 3 rings (SSSR count). The van der Waals surface area contributed by atoms with Gasteiger partial charge in [-0.25, -0.2) is 0 Å². The van der Waals surface area contributed by atoms with Crippen LogP contribution in [0.1, 0.15) is 30.1 Å². The minimum Gasteiger partial charge on any atom is -0.469 e. The molecule has 1 aliphatic rings. The second kappa shape index (κ2) is 6.10. The Morgan fingerprint density at radius 1 is 1.22 bits per heavy atom. The molecule has 122 valence electrons. The number of benzene rings is 1. The molecule has 2 aromatic rings. The van der Waals surface area contributed by atoms with Crippen LogP contribution in [-0.2, 0) is 11.2 Å². The highest BCUT2D eigenvalue weighted by Crippen LogP contribution is 2.48. The van der Waals surface area contributed by atoms with Gasteiger partial charge in [0, 0.05) is 23.9 Å². The molecule has 3 nitrogen and oxygen atoms in total. The van der Waals surface area contributed by atoms with Crippen LogP contribution in [0.25, 0.3) is 0 Å². The van der Waals surface area contributed by atoms with Gasteiger partial charge in [0.2, 0.25) is 5.91 Å². The van der Waals surface area contributed by atoms with E-state index in [1.54, 1.807) is 36.6 Å². The summed E-state index contributed by atoms with van der Waals surface area (Å²) in [6.45, 7) is 0. The van der Waals surface area contributed by atoms with E-state index >= 15 is 0 Å². The molecule has 2 atom stereocenters. The van der Waals surface area contributed by atoms with E-state index in [0.29, 0.717) is 17.7 Å². The monoisotopic (exact) mass is 323 g/mol. The van der Waals surface area contributed by atoms with Crippen molar-refractivity contribution in [3.63, 3.8) is 0 Å². The van der Waals surface area contributed by atoms with Crippen LogP contribution in [0.4, 0.5) is 18.9 Å².